The van der Waals surface area contributed by atoms with Crippen LogP contribution >= 0.6 is 0 Å². The van der Waals surface area contributed by atoms with Crippen LogP contribution in [0, 0.1) is 0 Å². The molecule has 8 nitrogen and oxygen atoms in total. The Bertz CT molecular complexity index is 1010. The molecule has 2 aromatic heterocycles. The van der Waals surface area contributed by atoms with Gasteiger partial charge in [0.1, 0.15) is 11.4 Å². The topological polar surface area (TPSA) is 90.4 Å². The normalized spacial score (nSPS) is 11.0. The second-order valence-electron chi connectivity index (χ2n) is 6.21. The minimum Gasteiger partial charge on any atom is -0.493 e. The maximum absolute atomic E-state index is 13.4. The zero-order valence-corrected chi connectivity index (χ0v) is 16.9. The van der Waals surface area contributed by atoms with Gasteiger partial charge in [0.25, 0.3) is 0 Å². The number of halogens is 3. The molecule has 31 heavy (non-hydrogen) atoms. The number of hydrogen-bond donors (Lipinski definition) is 2. The Morgan fingerprint density at radius 3 is 2.26 bits per heavy atom. The van der Waals surface area contributed by atoms with Crippen molar-refractivity contribution in [1.82, 2.24) is 15.0 Å². The van der Waals surface area contributed by atoms with Crippen LogP contribution in [-0.4, -0.2) is 36.3 Å². The van der Waals surface area contributed by atoms with E-state index in [2.05, 4.69) is 25.6 Å². The number of methoxy groups -OCH3 is 3. The zero-order chi connectivity index (χ0) is 22.4. The summed E-state index contributed by atoms with van der Waals surface area (Å²) in [6, 6.07) is 6.61. The minimum absolute atomic E-state index is 0.0454. The fourth-order valence-corrected chi connectivity index (χ4v) is 2.76. The van der Waals surface area contributed by atoms with Crippen LogP contribution in [0.3, 0.4) is 0 Å². The smallest absolute Gasteiger partial charge is 0.421 e. The lowest BCUT2D eigenvalue weighted by Crippen LogP contribution is -2.14. The molecule has 0 aliphatic carbocycles. The third-order valence-electron chi connectivity index (χ3n) is 4.20. The first-order valence-corrected chi connectivity index (χ1v) is 8.99. The number of ether oxygens (including phenoxy) is 3. The molecule has 0 aliphatic rings. The Kier molecular flexibility index (Phi) is 6.63. The number of rotatable bonds is 8. The largest absolute Gasteiger partial charge is 0.493 e. The van der Waals surface area contributed by atoms with E-state index in [1.165, 1.54) is 21.3 Å². The predicted octanol–water partition coefficient (Wildman–Crippen LogP) is 4.27. The number of hydrogen-bond acceptors (Lipinski definition) is 8. The summed E-state index contributed by atoms with van der Waals surface area (Å²) in [5, 5.41) is 5.57. The summed E-state index contributed by atoms with van der Waals surface area (Å²) in [5.41, 5.74) is 0.160. The summed E-state index contributed by atoms with van der Waals surface area (Å²) in [6.45, 7) is 0.109. The van der Waals surface area contributed by atoms with Gasteiger partial charge in [-0.25, -0.2) is 4.98 Å². The molecule has 1 aromatic carbocycles. The van der Waals surface area contributed by atoms with Gasteiger partial charge in [-0.1, -0.05) is 6.07 Å². The number of benzene rings is 1. The molecule has 0 amide bonds. The molecule has 11 heteroatoms. The summed E-state index contributed by atoms with van der Waals surface area (Å²) in [5.74, 6) is 0.706. The highest BCUT2D eigenvalue weighted by Gasteiger charge is 2.35. The number of anilines is 3. The quantitative estimate of drug-likeness (QED) is 0.542. The van der Waals surface area contributed by atoms with Crippen molar-refractivity contribution in [2.45, 2.75) is 12.7 Å². The molecule has 0 unspecified atom stereocenters. The van der Waals surface area contributed by atoms with E-state index in [0.717, 1.165) is 6.20 Å². The Labute approximate surface area is 176 Å². The van der Waals surface area contributed by atoms with Crippen LogP contribution in [0.4, 0.5) is 30.6 Å². The first-order chi connectivity index (χ1) is 14.9. The van der Waals surface area contributed by atoms with Gasteiger partial charge in [0, 0.05) is 43.0 Å². The predicted molar refractivity (Wildman–Crippen MR) is 108 cm³/mol. The van der Waals surface area contributed by atoms with E-state index in [1.807, 2.05) is 0 Å². The van der Waals surface area contributed by atoms with E-state index in [1.54, 1.807) is 36.7 Å². The minimum atomic E-state index is -4.62. The summed E-state index contributed by atoms with van der Waals surface area (Å²) in [6.07, 6.45) is -0.771. The van der Waals surface area contributed by atoms with Crippen LogP contribution in [0.2, 0.25) is 0 Å². The van der Waals surface area contributed by atoms with Crippen LogP contribution in [0.25, 0.3) is 0 Å². The molecule has 2 N–H and O–H groups in total. The molecule has 3 aromatic rings. The third-order valence-corrected chi connectivity index (χ3v) is 4.20. The lowest BCUT2D eigenvalue weighted by Gasteiger charge is -2.16. The molecule has 0 bridgehead atoms. The molecule has 3 rings (SSSR count). The van der Waals surface area contributed by atoms with Crippen LogP contribution in [0.1, 0.15) is 11.1 Å². The van der Waals surface area contributed by atoms with Crippen molar-refractivity contribution in [1.29, 1.82) is 0 Å². The highest BCUT2D eigenvalue weighted by atomic mass is 19.4. The lowest BCUT2D eigenvalue weighted by molar-refractivity contribution is -0.137. The Hall–Kier alpha value is -3.76. The van der Waals surface area contributed by atoms with Gasteiger partial charge in [-0.3, -0.25) is 4.98 Å². The van der Waals surface area contributed by atoms with E-state index in [-0.39, 0.29) is 18.3 Å². The van der Waals surface area contributed by atoms with E-state index in [9.17, 15) is 13.2 Å². The molecule has 0 saturated heterocycles. The van der Waals surface area contributed by atoms with Gasteiger partial charge in [0.15, 0.2) is 11.5 Å². The second kappa shape index (κ2) is 9.37. The van der Waals surface area contributed by atoms with Crippen LogP contribution in [-0.2, 0) is 12.7 Å². The van der Waals surface area contributed by atoms with E-state index >= 15 is 0 Å². The van der Waals surface area contributed by atoms with Gasteiger partial charge >= 0.3 is 6.18 Å². The number of pyridine rings is 1. The molecule has 2 heterocycles. The van der Waals surface area contributed by atoms with Crippen molar-refractivity contribution in [3.63, 3.8) is 0 Å². The van der Waals surface area contributed by atoms with Crippen molar-refractivity contribution in [2.75, 3.05) is 32.0 Å². The van der Waals surface area contributed by atoms with Crippen molar-refractivity contribution in [3.8, 4) is 17.2 Å². The highest BCUT2D eigenvalue weighted by Crippen LogP contribution is 2.40. The third kappa shape index (κ3) is 5.24. The maximum atomic E-state index is 13.4. The van der Waals surface area contributed by atoms with Crippen molar-refractivity contribution in [3.05, 3.63) is 54.0 Å². The number of nitrogens with one attached hydrogen (secondary N) is 2. The Morgan fingerprint density at radius 2 is 1.71 bits per heavy atom. The van der Waals surface area contributed by atoms with Gasteiger partial charge in [0.05, 0.1) is 21.3 Å². The number of aromatic nitrogens is 3. The van der Waals surface area contributed by atoms with Gasteiger partial charge in [-0.15, -0.1) is 0 Å². The first-order valence-electron chi connectivity index (χ1n) is 8.99. The molecule has 164 valence electrons. The first kappa shape index (κ1) is 21.9. The van der Waals surface area contributed by atoms with E-state index < -0.39 is 11.7 Å². The summed E-state index contributed by atoms with van der Waals surface area (Å²) in [4.78, 5) is 11.8. The number of nitrogens with zero attached hydrogens (tertiary/aromatic N) is 3. The average molecular weight is 435 g/mol. The number of alkyl halides is 3. The summed E-state index contributed by atoms with van der Waals surface area (Å²) >= 11 is 0. The molecular weight excluding hydrogens is 415 g/mol. The molecule has 0 atom stereocenters. The van der Waals surface area contributed by atoms with Crippen molar-refractivity contribution < 1.29 is 27.4 Å². The molecule has 0 saturated carbocycles. The Balaban J connectivity index is 1.91. The zero-order valence-electron chi connectivity index (χ0n) is 16.9. The van der Waals surface area contributed by atoms with Crippen LogP contribution < -0.4 is 24.8 Å². The molecular formula is C20H20F3N5O3. The fraction of sp³-hybridized carbons (Fsp3) is 0.250. The molecule has 0 fully saturated rings. The van der Waals surface area contributed by atoms with Gasteiger partial charge in [-0.2, -0.15) is 18.2 Å². The lowest BCUT2D eigenvalue weighted by atomic mass is 10.2. The highest BCUT2D eigenvalue weighted by molar-refractivity contribution is 5.66. The van der Waals surface area contributed by atoms with Gasteiger partial charge < -0.3 is 24.8 Å². The summed E-state index contributed by atoms with van der Waals surface area (Å²) < 4.78 is 56.1. The van der Waals surface area contributed by atoms with Gasteiger partial charge in [0.2, 0.25) is 11.7 Å². The maximum Gasteiger partial charge on any atom is 0.421 e. The average Bonchev–Trinajstić information content (AvgIpc) is 2.77. The monoisotopic (exact) mass is 435 g/mol. The fourth-order valence-electron chi connectivity index (χ4n) is 2.76. The van der Waals surface area contributed by atoms with E-state index in [0.29, 0.717) is 28.5 Å². The van der Waals surface area contributed by atoms with Crippen LogP contribution in [0.15, 0.2) is 42.9 Å². The standard InChI is InChI=1S/C20H20F3N5O3/c1-29-15-7-13(8-16(30-2)17(15)31-3)27-19-26-11-14(20(21,22)23)18(28-19)25-10-12-5-4-6-24-9-12/h4-9,11H,10H2,1-3H3,(H2,25,26,27,28). The molecule has 0 radical (unpaired) electrons. The van der Waals surface area contributed by atoms with Crippen molar-refractivity contribution >= 4 is 17.5 Å². The molecule has 0 spiro atoms. The van der Waals surface area contributed by atoms with Crippen LogP contribution in [0.5, 0.6) is 17.2 Å². The van der Waals surface area contributed by atoms with Crippen molar-refractivity contribution in [2.24, 2.45) is 0 Å². The Morgan fingerprint density at radius 1 is 1.00 bits per heavy atom. The van der Waals surface area contributed by atoms with Gasteiger partial charge in [-0.05, 0) is 11.6 Å². The SMILES string of the molecule is COc1cc(Nc2ncc(C(F)(F)F)c(NCc3cccnc3)n2)cc(OC)c1OC. The summed E-state index contributed by atoms with van der Waals surface area (Å²) in [7, 11) is 4.37. The molecule has 0 aliphatic heterocycles. The second-order valence-corrected chi connectivity index (χ2v) is 6.21. The van der Waals surface area contributed by atoms with E-state index in [4.69, 9.17) is 14.2 Å².